The molecule has 7 atom stereocenters. The Kier molecular flexibility index (Phi) is 8.52. The maximum absolute atomic E-state index is 12.9. The normalized spacial score (nSPS) is 30.9. The van der Waals surface area contributed by atoms with Crippen molar-refractivity contribution in [2.45, 2.75) is 88.5 Å². The number of ether oxygens (including phenoxy) is 3. The number of phenolic OH excluding ortho intramolecular Hbond substituents is 1. The summed E-state index contributed by atoms with van der Waals surface area (Å²) in [5.41, 5.74) is 5.11. The minimum Gasteiger partial charge on any atom is -0.506 e. The summed E-state index contributed by atoms with van der Waals surface area (Å²) >= 11 is 0. The van der Waals surface area contributed by atoms with E-state index in [9.17, 15) is 35.4 Å². The molecule has 2 aromatic rings. The molecule has 0 spiro atoms. The van der Waals surface area contributed by atoms with E-state index in [4.69, 9.17) is 19.9 Å². The number of carbonyl (C=O) groups is 1. The summed E-state index contributed by atoms with van der Waals surface area (Å²) in [5.74, 6) is -0.516. The van der Waals surface area contributed by atoms with E-state index in [1.54, 1.807) is 19.1 Å². The monoisotopic (exact) mass is 547 g/mol. The Balaban J connectivity index is 1.83. The van der Waals surface area contributed by atoms with Crippen LogP contribution in [-0.4, -0.2) is 85.9 Å². The minimum atomic E-state index is -1.75. The van der Waals surface area contributed by atoms with Crippen LogP contribution in [0.4, 0.5) is 0 Å². The molecule has 11 nitrogen and oxygen atoms in total. The third-order valence-corrected chi connectivity index (χ3v) is 7.58. The molecule has 11 heteroatoms. The number of aliphatic hydroxyl groups excluding tert-OH is 4. The van der Waals surface area contributed by atoms with Crippen LogP contribution in [0, 0.1) is 6.92 Å². The Morgan fingerprint density at radius 2 is 1.90 bits per heavy atom. The molecule has 0 aromatic heterocycles. The molecule has 0 unspecified atom stereocenters. The first-order chi connectivity index (χ1) is 18.5. The molecule has 0 bridgehead atoms. The third-order valence-electron chi connectivity index (χ3n) is 7.58. The molecule has 1 aliphatic carbocycles. The predicted molar refractivity (Wildman–Crippen MR) is 141 cm³/mol. The zero-order valence-corrected chi connectivity index (χ0v) is 22.2. The van der Waals surface area contributed by atoms with Crippen LogP contribution in [0.25, 0.3) is 10.8 Å². The van der Waals surface area contributed by atoms with Crippen molar-refractivity contribution in [2.75, 3.05) is 7.11 Å². The van der Waals surface area contributed by atoms with E-state index in [2.05, 4.69) is 0 Å². The number of aromatic hydroxyl groups is 1. The van der Waals surface area contributed by atoms with Gasteiger partial charge in [-0.2, -0.15) is 0 Å². The van der Waals surface area contributed by atoms with Gasteiger partial charge in [-0.3, -0.25) is 4.79 Å². The van der Waals surface area contributed by atoms with Crippen LogP contribution in [0.1, 0.15) is 54.1 Å². The second-order valence-corrected chi connectivity index (χ2v) is 10.3. The lowest BCUT2D eigenvalue weighted by Crippen LogP contribution is -2.65. The van der Waals surface area contributed by atoms with Crippen LogP contribution in [0.3, 0.4) is 0 Å². The van der Waals surface area contributed by atoms with Gasteiger partial charge < -0.3 is 50.6 Å². The van der Waals surface area contributed by atoms with Gasteiger partial charge in [0.05, 0.1) is 24.7 Å². The van der Waals surface area contributed by atoms with Gasteiger partial charge >= 0.3 is 0 Å². The number of nitrogens with two attached hydrogens (primary N) is 1. The van der Waals surface area contributed by atoms with Crippen molar-refractivity contribution in [3.05, 3.63) is 41.0 Å². The van der Waals surface area contributed by atoms with Gasteiger partial charge in [0, 0.05) is 24.1 Å². The molecule has 0 amide bonds. The molecule has 4 rings (SSSR count). The van der Waals surface area contributed by atoms with E-state index in [0.717, 1.165) is 0 Å². The summed E-state index contributed by atoms with van der Waals surface area (Å²) in [5, 5.41) is 65.2. The zero-order chi connectivity index (χ0) is 28.6. The maximum Gasteiger partial charge on any atom is 0.229 e. The molecular formula is C28H37NO10. The van der Waals surface area contributed by atoms with Crippen LogP contribution >= 0.6 is 0 Å². The summed E-state index contributed by atoms with van der Waals surface area (Å²) < 4.78 is 17.3. The highest BCUT2D eigenvalue weighted by Crippen LogP contribution is 2.45. The number of hydrogen-bond acceptors (Lipinski definition) is 11. The van der Waals surface area contributed by atoms with E-state index in [1.807, 2.05) is 6.92 Å². The number of methoxy groups -OCH3 is 1. The number of ketones is 1. The highest BCUT2D eigenvalue weighted by Gasteiger charge is 2.53. The predicted octanol–water partition coefficient (Wildman–Crippen LogP) is 0.932. The highest BCUT2D eigenvalue weighted by atomic mass is 16.7. The first-order valence-electron chi connectivity index (χ1n) is 13.0. The first-order valence-corrected chi connectivity index (χ1v) is 13.0. The fraction of sp³-hybridized carbons (Fsp3) is 0.536. The SMILES string of the molecule is CCCC(=O)c1c(C)cc2c(CO)c(OC)cc(O[C@@H]3O[C@H]([C@@]4(O)C=C[C@H](N)CC4)[C@@H](O)[C@H](O)[C@H]3O)c2c1O. The second kappa shape index (κ2) is 11.4. The van der Waals surface area contributed by atoms with Gasteiger partial charge in [-0.1, -0.05) is 19.1 Å². The minimum absolute atomic E-state index is 0.0679. The third kappa shape index (κ3) is 5.23. The first kappa shape index (κ1) is 29.2. The van der Waals surface area contributed by atoms with Gasteiger partial charge in [-0.05, 0) is 43.2 Å². The number of aliphatic hydroxyl groups is 5. The Morgan fingerprint density at radius 3 is 2.49 bits per heavy atom. The Morgan fingerprint density at radius 1 is 1.18 bits per heavy atom. The number of Topliss-reactive ketones (excluding diaryl/α,β-unsaturated/α-hetero) is 1. The molecule has 214 valence electrons. The fourth-order valence-corrected chi connectivity index (χ4v) is 5.43. The Labute approximate surface area is 226 Å². The van der Waals surface area contributed by atoms with Crippen LogP contribution in [0.15, 0.2) is 24.3 Å². The molecule has 2 aromatic carbocycles. The van der Waals surface area contributed by atoms with Crippen molar-refractivity contribution in [3.8, 4) is 17.2 Å². The lowest BCUT2D eigenvalue weighted by molar-refractivity contribution is -0.299. The van der Waals surface area contributed by atoms with Gasteiger partial charge in [-0.15, -0.1) is 0 Å². The number of aryl methyl sites for hydroxylation is 1. The average Bonchev–Trinajstić information content (AvgIpc) is 2.90. The molecule has 1 saturated heterocycles. The number of hydrogen-bond donors (Lipinski definition) is 7. The van der Waals surface area contributed by atoms with Crippen molar-refractivity contribution >= 4 is 16.6 Å². The number of phenols is 1. The summed E-state index contributed by atoms with van der Waals surface area (Å²) in [6.07, 6.45) is -3.85. The van der Waals surface area contributed by atoms with E-state index in [-0.39, 0.29) is 52.9 Å². The smallest absolute Gasteiger partial charge is 0.229 e. The quantitative estimate of drug-likeness (QED) is 0.184. The van der Waals surface area contributed by atoms with Crippen LogP contribution in [0.5, 0.6) is 17.2 Å². The fourth-order valence-electron chi connectivity index (χ4n) is 5.43. The zero-order valence-electron chi connectivity index (χ0n) is 22.2. The molecule has 39 heavy (non-hydrogen) atoms. The summed E-state index contributed by atoms with van der Waals surface area (Å²) in [6.45, 7) is 3.07. The van der Waals surface area contributed by atoms with Gasteiger partial charge in [0.2, 0.25) is 6.29 Å². The van der Waals surface area contributed by atoms with Crippen molar-refractivity contribution in [1.29, 1.82) is 0 Å². The lowest BCUT2D eigenvalue weighted by atomic mass is 9.79. The summed E-state index contributed by atoms with van der Waals surface area (Å²) in [4.78, 5) is 12.9. The number of benzene rings is 2. The van der Waals surface area contributed by atoms with Gasteiger partial charge in [0.15, 0.2) is 5.78 Å². The largest absolute Gasteiger partial charge is 0.506 e. The molecule has 1 aliphatic heterocycles. The topological polar surface area (TPSA) is 192 Å². The number of carbonyl (C=O) groups excluding carboxylic acids is 1. The highest BCUT2D eigenvalue weighted by molar-refractivity contribution is 6.09. The molecule has 0 radical (unpaired) electrons. The van der Waals surface area contributed by atoms with Crippen molar-refractivity contribution in [2.24, 2.45) is 5.73 Å². The number of fused-ring (bicyclic) bond motifs is 1. The van der Waals surface area contributed by atoms with Crippen molar-refractivity contribution < 1.29 is 49.6 Å². The van der Waals surface area contributed by atoms with Crippen LogP contribution in [0.2, 0.25) is 0 Å². The van der Waals surface area contributed by atoms with Crippen LogP contribution < -0.4 is 15.2 Å². The maximum atomic E-state index is 12.9. The van der Waals surface area contributed by atoms with E-state index < -0.39 is 42.9 Å². The Hall–Kier alpha value is -2.77. The molecular weight excluding hydrogens is 510 g/mol. The summed E-state index contributed by atoms with van der Waals surface area (Å²) in [6, 6.07) is 2.72. The molecule has 1 heterocycles. The van der Waals surface area contributed by atoms with Gasteiger partial charge in [0.25, 0.3) is 0 Å². The van der Waals surface area contributed by atoms with Crippen molar-refractivity contribution in [1.82, 2.24) is 0 Å². The molecule has 1 fully saturated rings. The van der Waals surface area contributed by atoms with Gasteiger partial charge in [0.1, 0.15) is 47.3 Å². The van der Waals surface area contributed by atoms with E-state index in [0.29, 0.717) is 29.4 Å². The van der Waals surface area contributed by atoms with E-state index in [1.165, 1.54) is 19.3 Å². The molecule has 2 aliphatic rings. The molecule has 0 saturated carbocycles. The summed E-state index contributed by atoms with van der Waals surface area (Å²) in [7, 11) is 1.38. The standard InChI is InChI=1S/C28H37NO10/c1-4-5-17(31)20-13(2)10-15-16(12-30)18(37-3)11-19(21(15)22(20)32)38-27-25(35)23(33)24(34)26(39-27)28(36)8-6-14(29)7-9-28/h6,8,10-11,14,23-27,30,32-36H,4-5,7,9,12,29H2,1-3H3/t14-,23-,24-,25+,26-,27+,28+/m0/s1. The average molecular weight is 548 g/mol. The Bertz CT molecular complexity index is 1260. The van der Waals surface area contributed by atoms with Crippen molar-refractivity contribution in [3.63, 3.8) is 0 Å². The molecule has 8 N–H and O–H groups in total. The van der Waals surface area contributed by atoms with E-state index >= 15 is 0 Å². The van der Waals surface area contributed by atoms with Crippen LogP contribution in [-0.2, 0) is 11.3 Å². The lowest BCUT2D eigenvalue weighted by Gasteiger charge is -2.47. The second-order valence-electron chi connectivity index (χ2n) is 10.3. The van der Waals surface area contributed by atoms with Gasteiger partial charge in [-0.25, -0.2) is 0 Å². The number of rotatable bonds is 8.